The molecule has 2 amide bonds. The van der Waals surface area contributed by atoms with E-state index in [1.165, 1.54) is 35.8 Å². The molecule has 3 aromatic rings. The topological polar surface area (TPSA) is 105 Å². The van der Waals surface area contributed by atoms with Crippen molar-refractivity contribution in [2.24, 2.45) is 0 Å². The molecule has 0 radical (unpaired) electrons. The summed E-state index contributed by atoms with van der Waals surface area (Å²) in [5.74, 6) is 0.318. The van der Waals surface area contributed by atoms with Crippen molar-refractivity contribution in [3.63, 3.8) is 0 Å². The molecule has 0 aliphatic heterocycles. The number of hydrogen-bond donors (Lipinski definition) is 1. The Morgan fingerprint density at radius 2 is 1.66 bits per heavy atom. The van der Waals surface area contributed by atoms with E-state index in [0.29, 0.717) is 30.2 Å². The highest BCUT2D eigenvalue weighted by Gasteiger charge is 2.33. The van der Waals surface area contributed by atoms with E-state index in [9.17, 15) is 18.0 Å². The Morgan fingerprint density at radius 3 is 2.22 bits per heavy atom. The molecular weight excluding hydrogens is 562 g/mol. The largest absolute Gasteiger partial charge is 0.497 e. The third-order valence-electron chi connectivity index (χ3n) is 6.48. The first-order valence-electron chi connectivity index (χ1n) is 13.2. The summed E-state index contributed by atoms with van der Waals surface area (Å²) in [5, 5.41) is 2.62. The van der Waals surface area contributed by atoms with Gasteiger partial charge in [0.2, 0.25) is 11.8 Å². The minimum Gasteiger partial charge on any atom is -0.497 e. The number of carbonyl (C=O) groups excluding carboxylic acids is 2. The average molecular weight is 600 g/mol. The molecule has 41 heavy (non-hydrogen) atoms. The molecule has 0 aliphatic rings. The van der Waals surface area contributed by atoms with Crippen LogP contribution in [0.2, 0.25) is 0 Å². The van der Waals surface area contributed by atoms with Crippen LogP contribution in [0.15, 0.2) is 82.6 Å². The fourth-order valence-corrected chi connectivity index (χ4v) is 6.15. The lowest BCUT2D eigenvalue weighted by Crippen LogP contribution is -2.51. The fourth-order valence-electron chi connectivity index (χ4n) is 4.33. The van der Waals surface area contributed by atoms with Crippen LogP contribution in [0.25, 0.3) is 0 Å². The van der Waals surface area contributed by atoms with Crippen molar-refractivity contribution >= 4 is 39.3 Å². The number of hydrogen-bond acceptors (Lipinski definition) is 7. The van der Waals surface area contributed by atoms with E-state index in [2.05, 4.69) is 5.32 Å². The maximum atomic E-state index is 14.0. The Kier molecular flexibility index (Phi) is 11.5. The summed E-state index contributed by atoms with van der Waals surface area (Å²) in [4.78, 5) is 29.3. The first-order valence-corrected chi connectivity index (χ1v) is 15.9. The molecule has 0 fully saturated rings. The quantitative estimate of drug-likeness (QED) is 0.271. The van der Waals surface area contributed by atoms with Crippen LogP contribution in [0.1, 0.15) is 25.8 Å². The van der Waals surface area contributed by atoms with Gasteiger partial charge in [-0.2, -0.15) is 0 Å². The van der Waals surface area contributed by atoms with Crippen LogP contribution in [-0.4, -0.2) is 64.7 Å². The summed E-state index contributed by atoms with van der Waals surface area (Å²) in [7, 11) is -1.10. The minimum atomic E-state index is -4.16. The lowest BCUT2D eigenvalue weighted by atomic mass is 10.1. The van der Waals surface area contributed by atoms with Crippen molar-refractivity contribution < 1.29 is 27.5 Å². The highest BCUT2D eigenvalue weighted by atomic mass is 32.2. The molecule has 1 atom stereocenters. The van der Waals surface area contributed by atoms with E-state index in [1.807, 2.05) is 19.2 Å². The van der Waals surface area contributed by atoms with Crippen LogP contribution in [0, 0.1) is 0 Å². The summed E-state index contributed by atoms with van der Waals surface area (Å²) in [5.41, 5.74) is 1.04. The molecule has 0 saturated carbocycles. The third kappa shape index (κ3) is 7.95. The van der Waals surface area contributed by atoms with Crippen LogP contribution >= 0.6 is 11.8 Å². The van der Waals surface area contributed by atoms with Crippen LogP contribution in [-0.2, 0) is 26.2 Å². The maximum absolute atomic E-state index is 14.0. The smallest absolute Gasteiger partial charge is 0.264 e. The molecule has 9 nitrogen and oxygen atoms in total. The van der Waals surface area contributed by atoms with Gasteiger partial charge in [0.15, 0.2) is 0 Å². The SMILES string of the molecule is CCOc1ccc(N(CC(=O)N(Cc2cccc(OC)c2)[C@H](CC)C(=O)NC)S(=O)(=O)c2ccc(SC)cc2)cc1. The van der Waals surface area contributed by atoms with Gasteiger partial charge in [0.25, 0.3) is 10.0 Å². The Bertz CT molecular complexity index is 1410. The zero-order chi connectivity index (χ0) is 30.0. The zero-order valence-corrected chi connectivity index (χ0v) is 25.6. The predicted molar refractivity (Wildman–Crippen MR) is 162 cm³/mol. The number of nitrogens with one attached hydrogen (secondary N) is 1. The molecule has 0 unspecified atom stereocenters. The van der Waals surface area contributed by atoms with E-state index in [-0.39, 0.29) is 17.3 Å². The third-order valence-corrected chi connectivity index (χ3v) is 9.01. The standard InChI is InChI=1S/C30H37N3O6S2/c1-6-28(30(35)31-3)32(20-22-9-8-10-25(19-22)38-4)29(34)21-33(23-11-13-24(14-12-23)39-7-2)41(36,37)27-17-15-26(40-5)16-18-27/h8-19,28H,6-7,20-21H2,1-5H3,(H,31,35)/t28-/m1/s1. The zero-order valence-electron chi connectivity index (χ0n) is 24.0. The summed E-state index contributed by atoms with van der Waals surface area (Å²) in [6, 6.07) is 19.4. The number of carbonyl (C=O) groups is 2. The maximum Gasteiger partial charge on any atom is 0.264 e. The number of ether oxygens (including phenoxy) is 2. The number of nitrogens with zero attached hydrogens (tertiary/aromatic N) is 2. The monoisotopic (exact) mass is 599 g/mol. The van der Waals surface area contributed by atoms with E-state index in [4.69, 9.17) is 9.47 Å². The van der Waals surface area contributed by atoms with Gasteiger partial charge in [-0.25, -0.2) is 8.42 Å². The molecule has 0 heterocycles. The summed E-state index contributed by atoms with van der Waals surface area (Å²) in [6.45, 7) is 3.69. The van der Waals surface area contributed by atoms with E-state index in [0.717, 1.165) is 14.8 Å². The van der Waals surface area contributed by atoms with Gasteiger partial charge in [0, 0.05) is 18.5 Å². The van der Waals surface area contributed by atoms with E-state index >= 15 is 0 Å². The van der Waals surface area contributed by atoms with Gasteiger partial charge in [-0.1, -0.05) is 19.1 Å². The first-order chi connectivity index (χ1) is 19.7. The van der Waals surface area contributed by atoms with Crippen molar-refractivity contribution in [2.45, 2.75) is 42.6 Å². The molecule has 3 aromatic carbocycles. The van der Waals surface area contributed by atoms with Gasteiger partial charge in [0.1, 0.15) is 24.1 Å². The lowest BCUT2D eigenvalue weighted by molar-refractivity contribution is -0.140. The molecule has 3 rings (SSSR count). The molecule has 1 N–H and O–H groups in total. The molecule has 0 aliphatic carbocycles. The number of methoxy groups -OCH3 is 1. The average Bonchev–Trinajstić information content (AvgIpc) is 3.00. The van der Waals surface area contributed by atoms with Crippen molar-refractivity contribution in [1.29, 1.82) is 0 Å². The van der Waals surface area contributed by atoms with Gasteiger partial charge in [0.05, 0.1) is 24.3 Å². The second-order valence-corrected chi connectivity index (χ2v) is 11.8. The number of thioether (sulfide) groups is 1. The highest BCUT2D eigenvalue weighted by molar-refractivity contribution is 7.98. The number of benzene rings is 3. The number of anilines is 1. The highest BCUT2D eigenvalue weighted by Crippen LogP contribution is 2.28. The molecule has 220 valence electrons. The normalized spacial score (nSPS) is 11.8. The van der Waals surface area contributed by atoms with Gasteiger partial charge in [-0.3, -0.25) is 13.9 Å². The summed E-state index contributed by atoms with van der Waals surface area (Å²) < 4.78 is 39.9. The Labute approximate surface area is 246 Å². The van der Waals surface area contributed by atoms with Crippen LogP contribution in [0.5, 0.6) is 11.5 Å². The van der Waals surface area contributed by atoms with Crippen molar-refractivity contribution in [3.05, 3.63) is 78.4 Å². The van der Waals surface area contributed by atoms with Gasteiger partial charge < -0.3 is 19.7 Å². The molecule has 0 saturated heterocycles. The van der Waals surface area contributed by atoms with Crippen LogP contribution in [0.4, 0.5) is 5.69 Å². The molecule has 11 heteroatoms. The number of rotatable bonds is 14. The van der Waals surface area contributed by atoms with Crippen molar-refractivity contribution in [1.82, 2.24) is 10.2 Å². The van der Waals surface area contributed by atoms with Gasteiger partial charge in [-0.15, -0.1) is 11.8 Å². The van der Waals surface area contributed by atoms with Crippen LogP contribution < -0.4 is 19.1 Å². The molecule has 0 spiro atoms. The summed E-state index contributed by atoms with van der Waals surface area (Å²) >= 11 is 1.50. The number of amides is 2. The Hall–Kier alpha value is -3.70. The molecule has 0 bridgehead atoms. The van der Waals surface area contributed by atoms with Crippen molar-refractivity contribution in [2.75, 3.05) is 37.9 Å². The second-order valence-electron chi connectivity index (χ2n) is 9.03. The molecule has 0 aromatic heterocycles. The fraction of sp³-hybridized carbons (Fsp3) is 0.333. The van der Waals surface area contributed by atoms with Crippen LogP contribution in [0.3, 0.4) is 0 Å². The van der Waals surface area contributed by atoms with E-state index < -0.39 is 28.5 Å². The Morgan fingerprint density at radius 1 is 0.976 bits per heavy atom. The molecular formula is C30H37N3O6S2. The lowest BCUT2D eigenvalue weighted by Gasteiger charge is -2.33. The van der Waals surface area contributed by atoms with Crippen molar-refractivity contribution in [3.8, 4) is 11.5 Å². The minimum absolute atomic E-state index is 0.0506. The first kappa shape index (κ1) is 31.8. The number of likely N-dealkylation sites (N-methyl/N-ethyl adjacent to an activating group) is 1. The predicted octanol–water partition coefficient (Wildman–Crippen LogP) is 4.56. The summed E-state index contributed by atoms with van der Waals surface area (Å²) in [6.07, 6.45) is 2.24. The van der Waals surface area contributed by atoms with E-state index in [1.54, 1.807) is 68.6 Å². The number of sulfonamides is 1. The van der Waals surface area contributed by atoms with Gasteiger partial charge in [-0.05, 0) is 85.8 Å². The van der Waals surface area contributed by atoms with Gasteiger partial charge >= 0.3 is 0 Å². The second kappa shape index (κ2) is 14.8. The Balaban J connectivity index is 2.06.